The first kappa shape index (κ1) is 20.4. The van der Waals surface area contributed by atoms with Crippen molar-refractivity contribution in [3.63, 3.8) is 0 Å². The van der Waals surface area contributed by atoms with Crippen molar-refractivity contribution in [2.75, 3.05) is 0 Å². The largest absolute Gasteiger partial charge is 1.00 e. The molecule has 2 aliphatic rings. The van der Waals surface area contributed by atoms with E-state index in [4.69, 9.17) is 0 Å². The highest BCUT2D eigenvalue weighted by Gasteiger charge is 2.45. The number of benzene rings is 1. The topological polar surface area (TPSA) is 6.02 Å². The molecule has 0 fully saturated rings. The van der Waals surface area contributed by atoms with Crippen molar-refractivity contribution in [2.24, 2.45) is 0 Å². The first-order chi connectivity index (χ1) is 11.7. The smallest absolute Gasteiger partial charge is 0.408 e. The van der Waals surface area contributed by atoms with Gasteiger partial charge in [-0.1, -0.05) is 12.1 Å². The highest BCUT2D eigenvalue weighted by Crippen LogP contribution is 2.30. The minimum absolute atomic E-state index is 0. The van der Waals surface area contributed by atoms with Crippen LogP contribution in [0.1, 0.15) is 44.4 Å². The van der Waals surface area contributed by atoms with Gasteiger partial charge in [-0.05, 0) is 64.5 Å². The van der Waals surface area contributed by atoms with Gasteiger partial charge < -0.3 is 12.4 Å². The van der Waals surface area contributed by atoms with Gasteiger partial charge in [0.15, 0.2) is 0 Å². The Bertz CT molecular complexity index is 874. The molecule has 1 heterocycles. The average Bonchev–Trinajstić information content (AvgIpc) is 2.74. The summed E-state index contributed by atoms with van der Waals surface area (Å²) in [4.78, 5) is 0. The van der Waals surface area contributed by atoms with Gasteiger partial charge in [0.1, 0.15) is 0 Å². The van der Waals surface area contributed by atoms with E-state index in [9.17, 15) is 0 Å². The average molecular weight is 370 g/mol. The van der Waals surface area contributed by atoms with Gasteiger partial charge in [-0.15, -0.1) is 9.15 Å². The highest BCUT2D eigenvalue weighted by molar-refractivity contribution is 6.12. The van der Waals surface area contributed by atoms with E-state index in [0.717, 1.165) is 5.57 Å². The number of nitrogens with zero attached hydrogens (tertiary/aromatic N) is 2. The summed E-state index contributed by atoms with van der Waals surface area (Å²) in [6.45, 7) is 19.8. The van der Waals surface area contributed by atoms with E-state index in [-0.39, 0.29) is 12.4 Å². The second-order valence-electron chi connectivity index (χ2n) is 7.75. The highest BCUT2D eigenvalue weighted by atomic mass is 35.5. The van der Waals surface area contributed by atoms with Crippen molar-refractivity contribution in [3.05, 3.63) is 64.3 Å². The maximum Gasteiger partial charge on any atom is 0.408 e. The first-order valence-electron chi connectivity index (χ1n) is 9.13. The van der Waals surface area contributed by atoms with E-state index in [1.807, 2.05) is 0 Å². The maximum absolute atomic E-state index is 4.31. The van der Waals surface area contributed by atoms with Crippen LogP contribution in [0.15, 0.2) is 47.6 Å². The summed E-state index contributed by atoms with van der Waals surface area (Å²) >= 11 is 0. The van der Waals surface area contributed by atoms with E-state index in [1.54, 1.807) is 0 Å². The molecule has 3 rings (SSSR count). The van der Waals surface area contributed by atoms with Crippen molar-refractivity contribution in [3.8, 4) is 0 Å². The fourth-order valence-corrected chi connectivity index (χ4v) is 4.33. The Balaban J connectivity index is 0.00000243. The second-order valence-corrected chi connectivity index (χ2v) is 7.75. The molecule has 1 aliphatic heterocycles. The fraction of sp³-hybridized carbons (Fsp3) is 0.391. The molecule has 0 saturated heterocycles. The van der Waals surface area contributed by atoms with E-state index in [0.29, 0.717) is 12.1 Å². The summed E-state index contributed by atoms with van der Waals surface area (Å²) < 4.78 is 4.84. The maximum atomic E-state index is 4.31. The third-order valence-electron chi connectivity index (χ3n) is 5.50. The Kier molecular flexibility index (Phi) is 5.77. The third kappa shape index (κ3) is 3.35. The molecule has 0 N–H and O–H groups in total. The Labute approximate surface area is 164 Å². The van der Waals surface area contributed by atoms with Gasteiger partial charge in [0.25, 0.3) is 0 Å². The second kappa shape index (κ2) is 7.36. The van der Waals surface area contributed by atoms with Crippen molar-refractivity contribution in [2.45, 2.75) is 60.5 Å². The molecule has 1 aromatic rings. The van der Waals surface area contributed by atoms with Gasteiger partial charge in [-0.2, -0.15) is 0 Å². The van der Waals surface area contributed by atoms with E-state index in [1.165, 1.54) is 39.2 Å². The number of hydrogen-bond donors (Lipinski definition) is 0. The van der Waals surface area contributed by atoms with Crippen LogP contribution in [0.3, 0.4) is 0 Å². The lowest BCUT2D eigenvalue weighted by molar-refractivity contribution is -0.470. The molecule has 0 unspecified atom stereocenters. The molecule has 0 aromatic heterocycles. The Morgan fingerprint density at radius 1 is 0.885 bits per heavy atom. The van der Waals surface area contributed by atoms with Gasteiger partial charge in [0.05, 0.1) is 0 Å². The van der Waals surface area contributed by atoms with Crippen molar-refractivity contribution >= 4 is 17.7 Å². The molecule has 2 atom stereocenters. The van der Waals surface area contributed by atoms with Gasteiger partial charge in [-0.25, -0.2) is 0 Å². The van der Waals surface area contributed by atoms with Crippen LogP contribution in [-0.2, 0) is 0 Å². The molecule has 2 nitrogen and oxygen atoms in total. The summed E-state index contributed by atoms with van der Waals surface area (Å²) in [6.07, 6.45) is 6.71. The van der Waals surface area contributed by atoms with E-state index >= 15 is 0 Å². The third-order valence-corrected chi connectivity index (χ3v) is 5.50. The molecule has 0 radical (unpaired) electrons. The number of hydrogen-bond acceptors (Lipinski definition) is 0. The molecule has 0 saturated carbocycles. The molecule has 0 amide bonds. The number of halogens is 1. The molecule has 0 bridgehead atoms. The molecule has 26 heavy (non-hydrogen) atoms. The SMILES string of the molecule is C=C1C=C(C)C=C(C)C1=[N+]1C=[N+](c2c(C)cc(C)cc2C)[C@H](C)[C@@H]1C.[Cl-]. The van der Waals surface area contributed by atoms with Gasteiger partial charge in [0.2, 0.25) is 23.5 Å². The molecule has 138 valence electrons. The van der Waals surface area contributed by atoms with Crippen LogP contribution in [-0.4, -0.2) is 33.3 Å². The Hall–Kier alpha value is -1.93. The van der Waals surface area contributed by atoms with Gasteiger partial charge in [-0.3, -0.25) is 0 Å². The lowest BCUT2D eigenvalue weighted by atomic mass is 9.94. The van der Waals surface area contributed by atoms with Crippen molar-refractivity contribution in [1.29, 1.82) is 0 Å². The molecular weight excluding hydrogens is 340 g/mol. The molecule has 1 aromatic carbocycles. The zero-order valence-corrected chi connectivity index (χ0v) is 17.8. The lowest BCUT2D eigenvalue weighted by Crippen LogP contribution is -3.00. The van der Waals surface area contributed by atoms with E-state index in [2.05, 4.69) is 94.8 Å². The normalized spacial score (nSPS) is 25.5. The minimum atomic E-state index is 0. The van der Waals surface area contributed by atoms with Crippen LogP contribution in [0.2, 0.25) is 0 Å². The van der Waals surface area contributed by atoms with E-state index < -0.39 is 0 Å². The van der Waals surface area contributed by atoms with Crippen LogP contribution in [0, 0.1) is 20.8 Å². The predicted molar refractivity (Wildman–Crippen MR) is 107 cm³/mol. The predicted octanol–water partition coefficient (Wildman–Crippen LogP) is 1.99. The van der Waals surface area contributed by atoms with Crippen molar-refractivity contribution < 1.29 is 21.6 Å². The molecule has 0 spiro atoms. The quantitative estimate of drug-likeness (QED) is 0.668. The number of aryl methyl sites for hydroxylation is 3. The van der Waals surface area contributed by atoms with Gasteiger partial charge >= 0.3 is 6.34 Å². The summed E-state index contributed by atoms with van der Waals surface area (Å²) in [5.41, 5.74) is 10.2. The van der Waals surface area contributed by atoms with Crippen molar-refractivity contribution in [1.82, 2.24) is 0 Å². The van der Waals surface area contributed by atoms with Crippen LogP contribution >= 0.6 is 0 Å². The first-order valence-corrected chi connectivity index (χ1v) is 9.13. The fourth-order valence-electron chi connectivity index (χ4n) is 4.33. The Morgan fingerprint density at radius 2 is 1.46 bits per heavy atom. The molecule has 3 heteroatoms. The standard InChI is InChI=1S/C23H30N2.ClH/c1-14-9-16(3)22(17(4)10-14)24-13-25(21(8)20(24)7)23-18(5)11-15(2)12-19(23)6;/h9-13,20-21H,3H2,1-2,4-8H3;1H/q+2;/p-1/t20-,21+;/m0./s1. The van der Waals surface area contributed by atoms with Crippen LogP contribution in [0.4, 0.5) is 5.69 Å². The summed E-state index contributed by atoms with van der Waals surface area (Å²) in [7, 11) is 0. The zero-order chi connectivity index (χ0) is 18.5. The number of rotatable bonds is 1. The number of allylic oxidation sites excluding steroid dienone is 5. The van der Waals surface area contributed by atoms with Crippen LogP contribution in [0.25, 0.3) is 0 Å². The molecular formula is C23H30ClN2+. The van der Waals surface area contributed by atoms with Crippen LogP contribution in [0.5, 0.6) is 0 Å². The summed E-state index contributed by atoms with van der Waals surface area (Å²) in [6, 6.07) is 5.35. The minimum Gasteiger partial charge on any atom is -1.00 e. The van der Waals surface area contributed by atoms with Crippen LogP contribution < -0.4 is 12.4 Å². The monoisotopic (exact) mass is 369 g/mol. The summed E-state index contributed by atoms with van der Waals surface area (Å²) in [5, 5.41) is 0. The Morgan fingerprint density at radius 3 is 2.00 bits per heavy atom. The zero-order valence-electron chi connectivity index (χ0n) is 17.0. The molecule has 1 aliphatic carbocycles. The summed E-state index contributed by atoms with van der Waals surface area (Å²) in [5.74, 6) is 0. The van der Waals surface area contributed by atoms with Gasteiger partial charge in [0, 0.05) is 36.1 Å². The lowest BCUT2D eigenvalue weighted by Gasteiger charge is -2.12.